The second kappa shape index (κ2) is 5.31. The van der Waals surface area contributed by atoms with E-state index in [-0.39, 0.29) is 5.11 Å². The summed E-state index contributed by atoms with van der Waals surface area (Å²) >= 11 is 4.61. The highest BCUT2D eigenvalue weighted by Gasteiger charge is 1.99. The highest BCUT2D eigenvalue weighted by atomic mass is 32.1. The number of hydrogen-bond acceptors (Lipinski definition) is 3. The van der Waals surface area contributed by atoms with Crippen molar-refractivity contribution in [3.8, 4) is 5.75 Å². The van der Waals surface area contributed by atoms with Crippen LogP contribution in [0.25, 0.3) is 0 Å². The van der Waals surface area contributed by atoms with Crippen LogP contribution in [0.1, 0.15) is 11.1 Å². The molecule has 0 amide bonds. The molecule has 3 N–H and O–H groups in total. The van der Waals surface area contributed by atoms with Gasteiger partial charge in [0.1, 0.15) is 5.75 Å². The van der Waals surface area contributed by atoms with Gasteiger partial charge in [-0.15, -0.1) is 0 Å². The molecule has 0 saturated carbocycles. The van der Waals surface area contributed by atoms with Crippen molar-refractivity contribution >= 4 is 23.5 Å². The molecule has 80 valence electrons. The molecular formula is C10H13N3OS. The van der Waals surface area contributed by atoms with Crippen molar-refractivity contribution < 1.29 is 4.74 Å². The zero-order valence-corrected chi connectivity index (χ0v) is 9.47. The molecule has 1 aromatic rings. The number of hydrazone groups is 1. The van der Waals surface area contributed by atoms with Crippen molar-refractivity contribution in [1.82, 2.24) is 5.43 Å². The summed E-state index contributed by atoms with van der Waals surface area (Å²) in [5, 5.41) is 3.99. The number of ether oxygens (including phenoxy) is 1. The van der Waals surface area contributed by atoms with Gasteiger partial charge >= 0.3 is 0 Å². The molecule has 15 heavy (non-hydrogen) atoms. The minimum absolute atomic E-state index is 0.136. The Morgan fingerprint density at radius 3 is 2.93 bits per heavy atom. The Hall–Kier alpha value is -1.62. The Balaban J connectivity index is 2.84. The first-order valence-corrected chi connectivity index (χ1v) is 4.77. The Kier molecular flexibility index (Phi) is 4.05. The van der Waals surface area contributed by atoms with Crippen LogP contribution in [0.5, 0.6) is 5.75 Å². The zero-order chi connectivity index (χ0) is 11.3. The molecule has 0 aromatic heterocycles. The van der Waals surface area contributed by atoms with Crippen LogP contribution >= 0.6 is 12.2 Å². The summed E-state index contributed by atoms with van der Waals surface area (Å²) in [5.41, 5.74) is 9.71. The number of hydrogen-bond donors (Lipinski definition) is 2. The van der Waals surface area contributed by atoms with E-state index in [1.165, 1.54) is 0 Å². The van der Waals surface area contributed by atoms with E-state index >= 15 is 0 Å². The third-order valence-corrected chi connectivity index (χ3v) is 1.86. The van der Waals surface area contributed by atoms with Crippen molar-refractivity contribution in [3.63, 3.8) is 0 Å². The molecule has 0 aliphatic rings. The molecule has 0 aliphatic heterocycles. The van der Waals surface area contributed by atoms with E-state index in [0.717, 1.165) is 16.9 Å². The topological polar surface area (TPSA) is 59.6 Å². The maximum Gasteiger partial charge on any atom is 0.184 e. The van der Waals surface area contributed by atoms with E-state index in [4.69, 9.17) is 10.5 Å². The average molecular weight is 223 g/mol. The number of benzene rings is 1. The van der Waals surface area contributed by atoms with E-state index in [9.17, 15) is 0 Å². The van der Waals surface area contributed by atoms with Gasteiger partial charge in [0.05, 0.1) is 13.3 Å². The maximum atomic E-state index is 5.23. The van der Waals surface area contributed by atoms with Crippen molar-refractivity contribution in [1.29, 1.82) is 0 Å². The normalized spacial score (nSPS) is 10.3. The minimum Gasteiger partial charge on any atom is -0.496 e. The molecule has 0 atom stereocenters. The first-order valence-electron chi connectivity index (χ1n) is 4.36. The molecule has 5 heteroatoms. The van der Waals surface area contributed by atoms with Crippen LogP contribution in [-0.4, -0.2) is 18.4 Å². The second-order valence-corrected chi connectivity index (χ2v) is 3.42. The fourth-order valence-corrected chi connectivity index (χ4v) is 1.14. The van der Waals surface area contributed by atoms with Gasteiger partial charge in [0.25, 0.3) is 0 Å². The number of rotatable bonds is 3. The molecule has 0 radical (unpaired) electrons. The van der Waals surface area contributed by atoms with Gasteiger partial charge in [-0.1, -0.05) is 6.07 Å². The molecule has 4 nitrogen and oxygen atoms in total. The van der Waals surface area contributed by atoms with Crippen molar-refractivity contribution in [3.05, 3.63) is 29.3 Å². The predicted molar refractivity (Wildman–Crippen MR) is 65.2 cm³/mol. The lowest BCUT2D eigenvalue weighted by molar-refractivity contribution is 0.414. The van der Waals surface area contributed by atoms with Gasteiger partial charge < -0.3 is 10.5 Å². The van der Waals surface area contributed by atoms with Crippen molar-refractivity contribution in [2.75, 3.05) is 7.11 Å². The van der Waals surface area contributed by atoms with Crippen LogP contribution in [0.3, 0.4) is 0 Å². The number of nitrogens with zero attached hydrogens (tertiary/aromatic N) is 1. The molecule has 0 fully saturated rings. The van der Waals surface area contributed by atoms with Crippen LogP contribution in [0.4, 0.5) is 0 Å². The third kappa shape index (κ3) is 3.55. The number of aryl methyl sites for hydroxylation is 1. The summed E-state index contributed by atoms with van der Waals surface area (Å²) in [6.07, 6.45) is 1.61. The minimum atomic E-state index is 0.136. The second-order valence-electron chi connectivity index (χ2n) is 2.98. The molecule has 0 aliphatic carbocycles. The van der Waals surface area contributed by atoms with Gasteiger partial charge in [-0.05, 0) is 36.8 Å². The standard InChI is InChI=1S/C10H13N3OS/c1-7-3-4-8(9(5-7)14-2)6-12-13-10(11)15/h3-6H,1-2H3,(H3,11,13,15)/b12-6+. The van der Waals surface area contributed by atoms with E-state index < -0.39 is 0 Å². The average Bonchev–Trinajstić information content (AvgIpc) is 2.19. The molecule has 0 saturated heterocycles. The lowest BCUT2D eigenvalue weighted by Gasteiger charge is -2.05. The SMILES string of the molecule is COc1cc(C)ccc1/C=N/NC(N)=S. The summed E-state index contributed by atoms with van der Waals surface area (Å²) < 4.78 is 5.20. The lowest BCUT2D eigenvalue weighted by Crippen LogP contribution is -2.24. The molecule has 0 heterocycles. The van der Waals surface area contributed by atoms with Gasteiger partial charge in [-0.3, -0.25) is 5.43 Å². The van der Waals surface area contributed by atoms with E-state index in [1.807, 2.05) is 25.1 Å². The highest BCUT2D eigenvalue weighted by molar-refractivity contribution is 7.80. The van der Waals surface area contributed by atoms with Gasteiger partial charge in [0.15, 0.2) is 5.11 Å². The summed E-state index contributed by atoms with van der Waals surface area (Å²) in [4.78, 5) is 0. The molecule has 0 unspecified atom stereocenters. The number of nitrogens with two attached hydrogens (primary N) is 1. The van der Waals surface area contributed by atoms with Gasteiger partial charge in [0.2, 0.25) is 0 Å². The Morgan fingerprint density at radius 2 is 2.33 bits per heavy atom. The number of thiocarbonyl (C=S) groups is 1. The van der Waals surface area contributed by atoms with Crippen molar-refractivity contribution in [2.45, 2.75) is 6.92 Å². The fraction of sp³-hybridized carbons (Fsp3) is 0.200. The summed E-state index contributed by atoms with van der Waals surface area (Å²) in [7, 11) is 1.62. The van der Waals surface area contributed by atoms with Crippen molar-refractivity contribution in [2.24, 2.45) is 10.8 Å². The predicted octanol–water partition coefficient (Wildman–Crippen LogP) is 1.17. The van der Waals surface area contributed by atoms with E-state index in [1.54, 1.807) is 13.3 Å². The van der Waals surface area contributed by atoms with E-state index in [2.05, 4.69) is 22.7 Å². The van der Waals surface area contributed by atoms with Crippen LogP contribution in [0, 0.1) is 6.92 Å². The molecular weight excluding hydrogens is 210 g/mol. The Morgan fingerprint density at radius 1 is 1.60 bits per heavy atom. The quantitative estimate of drug-likeness (QED) is 0.459. The summed E-state index contributed by atoms with van der Waals surface area (Å²) in [6, 6.07) is 5.83. The largest absolute Gasteiger partial charge is 0.496 e. The first-order chi connectivity index (χ1) is 7.13. The van der Waals surface area contributed by atoms with Gasteiger partial charge in [-0.2, -0.15) is 5.10 Å². The summed E-state index contributed by atoms with van der Waals surface area (Å²) in [6.45, 7) is 2.00. The maximum absolute atomic E-state index is 5.23. The van der Waals surface area contributed by atoms with Gasteiger partial charge in [0, 0.05) is 5.56 Å². The number of nitrogens with one attached hydrogen (secondary N) is 1. The third-order valence-electron chi connectivity index (χ3n) is 1.77. The van der Waals surface area contributed by atoms with Gasteiger partial charge in [-0.25, -0.2) is 0 Å². The lowest BCUT2D eigenvalue weighted by atomic mass is 10.1. The monoisotopic (exact) mass is 223 g/mol. The zero-order valence-electron chi connectivity index (χ0n) is 8.65. The molecule has 1 rings (SSSR count). The van der Waals surface area contributed by atoms with Crippen LogP contribution in [0.2, 0.25) is 0 Å². The number of methoxy groups -OCH3 is 1. The summed E-state index contributed by atoms with van der Waals surface area (Å²) in [5.74, 6) is 0.767. The van der Waals surface area contributed by atoms with Crippen LogP contribution in [0.15, 0.2) is 23.3 Å². The van der Waals surface area contributed by atoms with E-state index in [0.29, 0.717) is 0 Å². The Bertz CT molecular complexity index is 390. The van der Waals surface area contributed by atoms with Crippen LogP contribution < -0.4 is 15.9 Å². The smallest absolute Gasteiger partial charge is 0.184 e. The molecule has 0 bridgehead atoms. The van der Waals surface area contributed by atoms with Crippen LogP contribution in [-0.2, 0) is 0 Å². The highest BCUT2D eigenvalue weighted by Crippen LogP contribution is 2.17. The Labute approximate surface area is 94.1 Å². The molecule has 0 spiro atoms. The molecule has 1 aromatic carbocycles. The fourth-order valence-electron chi connectivity index (χ4n) is 1.09. The first kappa shape index (κ1) is 11.5.